The minimum atomic E-state index is -4.04. The van der Waals surface area contributed by atoms with E-state index in [0.717, 1.165) is 19.3 Å². The van der Waals surface area contributed by atoms with E-state index in [9.17, 15) is 13.0 Å². The Bertz CT molecular complexity index is 569. The second-order valence-corrected chi connectivity index (χ2v) is 9.75. The standard InChI is InChI=1S/C24H42O3S/c1-2-3-4-5-6-7-8-9-10-11-12-13-14-15-19-22-24(28(25,26)27)23-20-17-16-18-21-23/h16-18,20-21,24H,2-15,19,22H2,1H3,(H,25,26,27). The van der Waals surface area contributed by atoms with Crippen LogP contribution in [0.5, 0.6) is 0 Å². The van der Waals surface area contributed by atoms with Gasteiger partial charge in [0.15, 0.2) is 0 Å². The van der Waals surface area contributed by atoms with E-state index in [2.05, 4.69) is 6.92 Å². The highest BCUT2D eigenvalue weighted by molar-refractivity contribution is 7.86. The minimum absolute atomic E-state index is 0.501. The van der Waals surface area contributed by atoms with E-state index in [1.165, 1.54) is 77.0 Å². The van der Waals surface area contributed by atoms with E-state index in [1.807, 2.05) is 18.2 Å². The molecule has 1 aromatic rings. The Hall–Kier alpha value is -0.870. The zero-order valence-corrected chi connectivity index (χ0v) is 18.8. The Morgan fingerprint density at radius 2 is 1.07 bits per heavy atom. The van der Waals surface area contributed by atoms with E-state index in [1.54, 1.807) is 12.1 Å². The molecule has 0 aliphatic rings. The molecule has 162 valence electrons. The highest BCUT2D eigenvalue weighted by Gasteiger charge is 2.24. The largest absolute Gasteiger partial charge is 0.285 e. The molecule has 0 amide bonds. The molecule has 1 unspecified atom stereocenters. The Balaban J connectivity index is 1.98. The zero-order valence-electron chi connectivity index (χ0n) is 17.9. The first kappa shape index (κ1) is 25.2. The van der Waals surface area contributed by atoms with Crippen molar-refractivity contribution in [2.24, 2.45) is 0 Å². The van der Waals surface area contributed by atoms with E-state index in [0.29, 0.717) is 12.0 Å². The van der Waals surface area contributed by atoms with Crippen molar-refractivity contribution in [3.63, 3.8) is 0 Å². The van der Waals surface area contributed by atoms with Crippen molar-refractivity contribution in [3.8, 4) is 0 Å². The average molecular weight is 411 g/mol. The van der Waals surface area contributed by atoms with Gasteiger partial charge in [-0.1, -0.05) is 134 Å². The van der Waals surface area contributed by atoms with Crippen molar-refractivity contribution in [1.29, 1.82) is 0 Å². The summed E-state index contributed by atoms with van der Waals surface area (Å²) in [5.41, 5.74) is 0.690. The third-order valence-electron chi connectivity index (χ3n) is 5.60. The lowest BCUT2D eigenvalue weighted by atomic mass is 10.0. The Morgan fingerprint density at radius 3 is 1.46 bits per heavy atom. The molecule has 0 aliphatic carbocycles. The fourth-order valence-electron chi connectivity index (χ4n) is 3.86. The maximum atomic E-state index is 11.7. The maximum absolute atomic E-state index is 11.7. The first-order chi connectivity index (χ1) is 13.6. The van der Waals surface area contributed by atoms with Crippen molar-refractivity contribution in [2.75, 3.05) is 0 Å². The average Bonchev–Trinajstić information content (AvgIpc) is 2.67. The summed E-state index contributed by atoms with van der Waals surface area (Å²) >= 11 is 0. The number of rotatable bonds is 18. The summed E-state index contributed by atoms with van der Waals surface area (Å²) in [6, 6.07) is 9.06. The number of hydrogen-bond donors (Lipinski definition) is 1. The molecule has 1 rings (SSSR count). The summed E-state index contributed by atoms with van der Waals surface area (Å²) in [6.07, 6.45) is 19.9. The second kappa shape index (κ2) is 16.0. The van der Waals surface area contributed by atoms with Gasteiger partial charge in [0.2, 0.25) is 0 Å². The molecule has 1 aromatic carbocycles. The lowest BCUT2D eigenvalue weighted by Gasteiger charge is -2.14. The van der Waals surface area contributed by atoms with E-state index in [4.69, 9.17) is 0 Å². The second-order valence-electron chi connectivity index (χ2n) is 8.15. The molecule has 28 heavy (non-hydrogen) atoms. The molecule has 3 nitrogen and oxygen atoms in total. The van der Waals surface area contributed by atoms with Gasteiger partial charge in [0.05, 0.1) is 0 Å². The van der Waals surface area contributed by atoms with E-state index < -0.39 is 15.4 Å². The Morgan fingerprint density at radius 1 is 0.679 bits per heavy atom. The van der Waals surface area contributed by atoms with Gasteiger partial charge >= 0.3 is 0 Å². The molecular formula is C24H42O3S. The highest BCUT2D eigenvalue weighted by atomic mass is 32.2. The normalized spacial score (nSPS) is 12.9. The van der Waals surface area contributed by atoms with Crippen LogP contribution in [0.4, 0.5) is 0 Å². The summed E-state index contributed by atoms with van der Waals surface area (Å²) in [5, 5.41) is -0.782. The molecule has 0 spiro atoms. The Kier molecular flexibility index (Phi) is 14.4. The molecule has 0 heterocycles. The van der Waals surface area contributed by atoms with Gasteiger partial charge < -0.3 is 0 Å². The summed E-state index contributed by atoms with van der Waals surface area (Å²) in [4.78, 5) is 0. The number of benzene rings is 1. The summed E-state index contributed by atoms with van der Waals surface area (Å²) in [7, 11) is -4.04. The van der Waals surface area contributed by atoms with Gasteiger partial charge in [0, 0.05) is 0 Å². The fraction of sp³-hybridized carbons (Fsp3) is 0.750. The monoisotopic (exact) mass is 410 g/mol. The molecule has 0 radical (unpaired) electrons. The van der Waals surface area contributed by atoms with Crippen molar-refractivity contribution in [2.45, 2.75) is 115 Å². The summed E-state index contributed by atoms with van der Waals surface area (Å²) in [5.74, 6) is 0. The van der Waals surface area contributed by atoms with Crippen molar-refractivity contribution in [3.05, 3.63) is 35.9 Å². The van der Waals surface area contributed by atoms with Crippen LogP contribution < -0.4 is 0 Å². The third-order valence-corrected chi connectivity index (χ3v) is 6.83. The molecule has 0 bridgehead atoms. The smallest absolute Gasteiger partial charge is 0.271 e. The molecule has 4 heteroatoms. The lowest BCUT2D eigenvalue weighted by Crippen LogP contribution is -2.12. The van der Waals surface area contributed by atoms with Crippen LogP contribution in [-0.4, -0.2) is 13.0 Å². The van der Waals surface area contributed by atoms with E-state index >= 15 is 0 Å². The molecular weight excluding hydrogens is 368 g/mol. The molecule has 0 saturated heterocycles. The van der Waals surface area contributed by atoms with Crippen LogP contribution in [0, 0.1) is 0 Å². The minimum Gasteiger partial charge on any atom is -0.285 e. The van der Waals surface area contributed by atoms with Gasteiger partial charge in [0.1, 0.15) is 5.25 Å². The molecule has 1 atom stereocenters. The molecule has 0 saturated carbocycles. The van der Waals surface area contributed by atoms with Gasteiger partial charge in [-0.15, -0.1) is 0 Å². The summed E-state index contributed by atoms with van der Waals surface area (Å²) < 4.78 is 32.9. The van der Waals surface area contributed by atoms with Crippen molar-refractivity contribution < 1.29 is 13.0 Å². The quantitative estimate of drug-likeness (QED) is 0.198. The van der Waals surface area contributed by atoms with Crippen LogP contribution in [0.1, 0.15) is 120 Å². The number of hydrogen-bond acceptors (Lipinski definition) is 2. The van der Waals surface area contributed by atoms with Crippen LogP contribution in [0.2, 0.25) is 0 Å². The fourth-order valence-corrected chi connectivity index (χ4v) is 4.82. The van der Waals surface area contributed by atoms with Crippen LogP contribution >= 0.6 is 0 Å². The SMILES string of the molecule is CCCCCCCCCCCCCCCCCC(c1ccccc1)S(=O)(=O)O. The lowest BCUT2D eigenvalue weighted by molar-refractivity contribution is 0.458. The predicted molar refractivity (Wildman–Crippen MR) is 120 cm³/mol. The van der Waals surface area contributed by atoms with Crippen molar-refractivity contribution >= 4 is 10.1 Å². The van der Waals surface area contributed by atoms with Crippen LogP contribution in [0.25, 0.3) is 0 Å². The third kappa shape index (κ3) is 12.6. The zero-order chi connectivity index (χ0) is 20.5. The van der Waals surface area contributed by atoms with Gasteiger partial charge in [-0.05, 0) is 12.0 Å². The van der Waals surface area contributed by atoms with Crippen LogP contribution in [0.15, 0.2) is 30.3 Å². The first-order valence-corrected chi connectivity index (χ1v) is 13.1. The molecule has 0 aliphatic heterocycles. The van der Waals surface area contributed by atoms with Crippen molar-refractivity contribution in [1.82, 2.24) is 0 Å². The van der Waals surface area contributed by atoms with Gasteiger partial charge in [-0.25, -0.2) is 0 Å². The molecule has 1 N–H and O–H groups in total. The van der Waals surface area contributed by atoms with E-state index in [-0.39, 0.29) is 0 Å². The predicted octanol–water partition coefficient (Wildman–Crippen LogP) is 7.88. The van der Waals surface area contributed by atoms with Gasteiger partial charge in [-0.2, -0.15) is 8.42 Å². The molecule has 0 aromatic heterocycles. The van der Waals surface area contributed by atoms with Gasteiger partial charge in [0.25, 0.3) is 10.1 Å². The van der Waals surface area contributed by atoms with Crippen LogP contribution in [-0.2, 0) is 10.1 Å². The highest BCUT2D eigenvalue weighted by Crippen LogP contribution is 2.27. The Labute approximate surface area is 174 Å². The topological polar surface area (TPSA) is 54.4 Å². The van der Waals surface area contributed by atoms with Crippen LogP contribution in [0.3, 0.4) is 0 Å². The summed E-state index contributed by atoms with van der Waals surface area (Å²) in [6.45, 7) is 2.26. The number of unbranched alkanes of at least 4 members (excludes halogenated alkanes) is 14. The molecule has 0 fully saturated rings. The van der Waals surface area contributed by atoms with Gasteiger partial charge in [-0.3, -0.25) is 4.55 Å². The maximum Gasteiger partial charge on any atom is 0.271 e. The first-order valence-electron chi connectivity index (χ1n) is 11.6.